The van der Waals surface area contributed by atoms with Gasteiger partial charge in [0.2, 0.25) is 0 Å². The van der Waals surface area contributed by atoms with Crippen molar-refractivity contribution in [3.63, 3.8) is 0 Å². The topological polar surface area (TPSA) is 54.6 Å². The van der Waals surface area contributed by atoms with E-state index in [-0.39, 0.29) is 0 Å². The number of anilines is 1. The van der Waals surface area contributed by atoms with Gasteiger partial charge in [0.25, 0.3) is 5.89 Å². The Morgan fingerprint density at radius 2 is 1.81 bits per heavy atom. The molecule has 0 radical (unpaired) electrons. The van der Waals surface area contributed by atoms with Crippen molar-refractivity contribution >= 4 is 5.69 Å². The highest BCUT2D eigenvalue weighted by molar-refractivity contribution is 5.54. The fraction of sp³-hybridized carbons (Fsp3) is 0.333. The molecule has 27 heavy (non-hydrogen) atoms. The summed E-state index contributed by atoms with van der Waals surface area (Å²) in [6, 6.07) is 16.3. The molecule has 0 atom stereocenters. The summed E-state index contributed by atoms with van der Waals surface area (Å²) in [7, 11) is 1.65. The predicted octanol–water partition coefficient (Wildman–Crippen LogP) is 3.38. The first-order chi connectivity index (χ1) is 13.2. The smallest absolute Gasteiger partial charge is 0.257 e. The first kappa shape index (κ1) is 17.5. The Hall–Kier alpha value is -2.86. The van der Waals surface area contributed by atoms with Crippen LogP contribution < -0.4 is 9.64 Å². The van der Waals surface area contributed by atoms with Crippen LogP contribution in [-0.2, 0) is 6.54 Å². The molecule has 0 saturated carbocycles. The number of piperazine rings is 1. The molecule has 1 saturated heterocycles. The molecule has 1 aliphatic rings. The Kier molecular flexibility index (Phi) is 5.07. The highest BCUT2D eigenvalue weighted by atomic mass is 16.5. The molecule has 4 rings (SSSR count). The quantitative estimate of drug-likeness (QED) is 0.692. The van der Waals surface area contributed by atoms with Crippen LogP contribution in [0.1, 0.15) is 11.4 Å². The van der Waals surface area contributed by atoms with Crippen molar-refractivity contribution in [2.75, 3.05) is 38.2 Å². The van der Waals surface area contributed by atoms with Crippen molar-refractivity contribution in [1.82, 2.24) is 15.0 Å². The number of aryl methyl sites for hydroxylation is 1. The van der Waals surface area contributed by atoms with Crippen molar-refractivity contribution in [3.05, 3.63) is 59.9 Å². The van der Waals surface area contributed by atoms with E-state index < -0.39 is 0 Å². The van der Waals surface area contributed by atoms with E-state index >= 15 is 0 Å². The van der Waals surface area contributed by atoms with Crippen molar-refractivity contribution in [3.8, 4) is 17.2 Å². The average Bonchev–Trinajstić information content (AvgIpc) is 3.17. The van der Waals surface area contributed by atoms with Crippen LogP contribution in [0.3, 0.4) is 0 Å². The molecule has 0 amide bonds. The maximum Gasteiger partial charge on any atom is 0.257 e. The van der Waals surface area contributed by atoms with Crippen molar-refractivity contribution in [2.45, 2.75) is 13.5 Å². The number of nitrogens with zero attached hydrogens (tertiary/aromatic N) is 4. The lowest BCUT2D eigenvalue weighted by molar-refractivity contribution is 0.240. The summed E-state index contributed by atoms with van der Waals surface area (Å²) in [5.41, 5.74) is 3.50. The standard InChI is InChI=1S/C21H24N4O2/c1-16-4-3-5-18(14-16)25-12-10-24(11-13-25)15-20-22-21(27-23-20)17-6-8-19(26-2)9-7-17/h3-9,14H,10-13,15H2,1-2H3. The van der Waals surface area contributed by atoms with Crippen LogP contribution >= 0.6 is 0 Å². The number of benzene rings is 2. The van der Waals surface area contributed by atoms with Gasteiger partial charge in [-0.2, -0.15) is 4.98 Å². The molecular weight excluding hydrogens is 340 g/mol. The molecule has 0 unspecified atom stereocenters. The normalized spacial score (nSPS) is 15.1. The molecule has 0 bridgehead atoms. The van der Waals surface area contributed by atoms with E-state index in [1.165, 1.54) is 11.3 Å². The van der Waals surface area contributed by atoms with E-state index in [4.69, 9.17) is 9.26 Å². The zero-order chi connectivity index (χ0) is 18.6. The van der Waals surface area contributed by atoms with Crippen LogP contribution in [0.2, 0.25) is 0 Å². The highest BCUT2D eigenvalue weighted by Crippen LogP contribution is 2.22. The van der Waals surface area contributed by atoms with E-state index in [0.29, 0.717) is 12.4 Å². The van der Waals surface area contributed by atoms with Gasteiger partial charge in [0.15, 0.2) is 5.82 Å². The third-order valence-electron chi connectivity index (χ3n) is 4.91. The Morgan fingerprint density at radius 1 is 1.04 bits per heavy atom. The summed E-state index contributed by atoms with van der Waals surface area (Å²) in [6.45, 7) is 6.83. The van der Waals surface area contributed by atoms with Gasteiger partial charge in [-0.15, -0.1) is 0 Å². The largest absolute Gasteiger partial charge is 0.497 e. The number of hydrogen-bond donors (Lipinski definition) is 0. The van der Waals surface area contributed by atoms with Gasteiger partial charge < -0.3 is 14.2 Å². The number of rotatable bonds is 5. The Bertz CT molecular complexity index is 883. The zero-order valence-electron chi connectivity index (χ0n) is 15.8. The minimum Gasteiger partial charge on any atom is -0.497 e. The molecule has 6 heteroatoms. The van der Waals surface area contributed by atoms with Crippen LogP contribution in [0.15, 0.2) is 53.1 Å². The number of methoxy groups -OCH3 is 1. The lowest BCUT2D eigenvalue weighted by Gasteiger charge is -2.35. The predicted molar refractivity (Wildman–Crippen MR) is 105 cm³/mol. The monoisotopic (exact) mass is 364 g/mol. The van der Waals surface area contributed by atoms with Gasteiger partial charge in [-0.1, -0.05) is 17.3 Å². The third-order valence-corrected chi connectivity index (χ3v) is 4.91. The van der Waals surface area contributed by atoms with Gasteiger partial charge in [0.1, 0.15) is 5.75 Å². The fourth-order valence-electron chi connectivity index (χ4n) is 3.36. The second-order valence-electron chi connectivity index (χ2n) is 6.85. The van der Waals surface area contributed by atoms with E-state index in [1.54, 1.807) is 7.11 Å². The van der Waals surface area contributed by atoms with Crippen LogP contribution in [0.25, 0.3) is 11.5 Å². The number of aromatic nitrogens is 2. The fourth-order valence-corrected chi connectivity index (χ4v) is 3.36. The van der Waals surface area contributed by atoms with Crippen molar-refractivity contribution in [2.24, 2.45) is 0 Å². The summed E-state index contributed by atoms with van der Waals surface area (Å²) in [5.74, 6) is 2.08. The van der Waals surface area contributed by atoms with Gasteiger partial charge in [0.05, 0.1) is 13.7 Å². The highest BCUT2D eigenvalue weighted by Gasteiger charge is 2.19. The molecule has 1 aromatic heterocycles. The zero-order valence-corrected chi connectivity index (χ0v) is 15.8. The summed E-state index contributed by atoms with van der Waals surface area (Å²) in [5, 5.41) is 4.15. The summed E-state index contributed by atoms with van der Waals surface area (Å²) < 4.78 is 10.6. The van der Waals surface area contributed by atoms with Gasteiger partial charge in [-0.05, 0) is 48.9 Å². The maximum absolute atomic E-state index is 5.43. The first-order valence-electron chi connectivity index (χ1n) is 9.22. The molecule has 6 nitrogen and oxygen atoms in total. The Morgan fingerprint density at radius 3 is 2.52 bits per heavy atom. The van der Waals surface area contributed by atoms with E-state index in [0.717, 1.165) is 43.3 Å². The van der Waals surface area contributed by atoms with Crippen LogP contribution in [0.4, 0.5) is 5.69 Å². The molecular formula is C21H24N4O2. The average molecular weight is 364 g/mol. The molecule has 0 aliphatic carbocycles. The molecule has 140 valence electrons. The Balaban J connectivity index is 1.35. The molecule has 0 N–H and O–H groups in total. The minimum atomic E-state index is 0.547. The number of hydrogen-bond acceptors (Lipinski definition) is 6. The SMILES string of the molecule is COc1ccc(-c2nc(CN3CCN(c4cccc(C)c4)CC3)no2)cc1. The Labute approximate surface area is 159 Å². The van der Waals surface area contributed by atoms with Gasteiger partial charge in [0, 0.05) is 37.4 Å². The summed E-state index contributed by atoms with van der Waals surface area (Å²) >= 11 is 0. The van der Waals surface area contributed by atoms with Crippen molar-refractivity contribution < 1.29 is 9.26 Å². The molecule has 1 fully saturated rings. The number of ether oxygens (including phenoxy) is 1. The molecule has 1 aliphatic heterocycles. The molecule has 2 heterocycles. The first-order valence-corrected chi connectivity index (χ1v) is 9.22. The minimum absolute atomic E-state index is 0.547. The van der Waals surface area contributed by atoms with E-state index in [2.05, 4.69) is 51.1 Å². The molecule has 0 spiro atoms. The van der Waals surface area contributed by atoms with E-state index in [9.17, 15) is 0 Å². The molecule has 2 aromatic carbocycles. The van der Waals surface area contributed by atoms with Crippen LogP contribution in [0.5, 0.6) is 5.75 Å². The van der Waals surface area contributed by atoms with Crippen molar-refractivity contribution in [1.29, 1.82) is 0 Å². The van der Waals surface area contributed by atoms with Gasteiger partial charge >= 0.3 is 0 Å². The molecule has 3 aromatic rings. The second kappa shape index (κ2) is 7.80. The maximum atomic E-state index is 5.43. The van der Waals surface area contributed by atoms with E-state index in [1.807, 2.05) is 24.3 Å². The van der Waals surface area contributed by atoms with Crippen LogP contribution in [-0.4, -0.2) is 48.3 Å². The lowest BCUT2D eigenvalue weighted by Crippen LogP contribution is -2.46. The summed E-state index contributed by atoms with van der Waals surface area (Å²) in [4.78, 5) is 9.35. The summed E-state index contributed by atoms with van der Waals surface area (Å²) in [6.07, 6.45) is 0. The van der Waals surface area contributed by atoms with Gasteiger partial charge in [-0.3, -0.25) is 4.90 Å². The van der Waals surface area contributed by atoms with Crippen LogP contribution in [0, 0.1) is 6.92 Å². The second-order valence-corrected chi connectivity index (χ2v) is 6.85. The lowest BCUT2D eigenvalue weighted by atomic mass is 10.2. The van der Waals surface area contributed by atoms with Gasteiger partial charge in [-0.25, -0.2) is 0 Å². The third kappa shape index (κ3) is 4.11.